The summed E-state index contributed by atoms with van der Waals surface area (Å²) >= 11 is 0. The molecule has 0 saturated heterocycles. The number of furan rings is 1. The molecule has 0 spiro atoms. The molecular weight excluding hydrogens is 218 g/mol. The van der Waals surface area contributed by atoms with Gasteiger partial charge >= 0.3 is 0 Å². The van der Waals surface area contributed by atoms with Crippen molar-refractivity contribution in [1.82, 2.24) is 10.1 Å². The lowest BCUT2D eigenvalue weighted by molar-refractivity contribution is 0.300. The van der Waals surface area contributed by atoms with Crippen LogP contribution in [-0.2, 0) is 0 Å². The number of hydrogen-bond donors (Lipinski definition) is 1. The van der Waals surface area contributed by atoms with Crippen LogP contribution in [0.25, 0.3) is 11.6 Å². The molecule has 0 saturated carbocycles. The van der Waals surface area contributed by atoms with Gasteiger partial charge in [0.25, 0.3) is 0 Å². The lowest BCUT2D eigenvalue weighted by atomic mass is 9.90. The van der Waals surface area contributed by atoms with Gasteiger partial charge in [-0.2, -0.15) is 4.98 Å². The highest BCUT2D eigenvalue weighted by Gasteiger charge is 2.26. The molecule has 2 unspecified atom stereocenters. The van der Waals surface area contributed by atoms with Crippen LogP contribution in [-0.4, -0.2) is 16.2 Å². The Morgan fingerprint density at radius 3 is 2.59 bits per heavy atom. The van der Waals surface area contributed by atoms with Crippen LogP contribution in [0.1, 0.15) is 32.6 Å². The molecule has 0 aliphatic rings. The molecule has 0 amide bonds. The van der Waals surface area contributed by atoms with Crippen molar-refractivity contribution < 1.29 is 8.94 Å². The Morgan fingerprint density at radius 2 is 2.06 bits per heavy atom. The summed E-state index contributed by atoms with van der Waals surface area (Å²) in [4.78, 5) is 4.34. The Bertz CT molecular complexity index is 452. The molecular formula is C12H17N3O2. The summed E-state index contributed by atoms with van der Waals surface area (Å²) in [5, 5.41) is 3.91. The van der Waals surface area contributed by atoms with E-state index in [1.807, 2.05) is 6.92 Å². The van der Waals surface area contributed by atoms with Crippen LogP contribution in [0.5, 0.6) is 0 Å². The first kappa shape index (κ1) is 11.9. The standard InChI is InChI=1S/C12H17N3O2/c1-7(2)10(8(3)13)12-14-11(15-17-12)9-5-4-6-16-9/h4-8,10H,13H2,1-3H3. The van der Waals surface area contributed by atoms with E-state index in [0.29, 0.717) is 23.4 Å². The number of rotatable bonds is 4. The zero-order valence-corrected chi connectivity index (χ0v) is 10.3. The fourth-order valence-electron chi connectivity index (χ4n) is 1.99. The maximum absolute atomic E-state index is 5.95. The van der Waals surface area contributed by atoms with Crippen LogP contribution < -0.4 is 5.73 Å². The van der Waals surface area contributed by atoms with Crippen molar-refractivity contribution in [2.45, 2.75) is 32.7 Å². The van der Waals surface area contributed by atoms with Crippen molar-refractivity contribution in [2.75, 3.05) is 0 Å². The summed E-state index contributed by atoms with van der Waals surface area (Å²) in [5.74, 6) is 2.05. The molecule has 2 heterocycles. The molecule has 0 bridgehead atoms. The molecule has 5 heteroatoms. The van der Waals surface area contributed by atoms with E-state index in [1.165, 1.54) is 0 Å². The van der Waals surface area contributed by atoms with E-state index >= 15 is 0 Å². The molecule has 92 valence electrons. The average molecular weight is 235 g/mol. The lowest BCUT2D eigenvalue weighted by Crippen LogP contribution is -2.28. The second-order valence-electron chi connectivity index (χ2n) is 4.56. The third-order valence-electron chi connectivity index (χ3n) is 2.75. The van der Waals surface area contributed by atoms with Crippen molar-refractivity contribution >= 4 is 0 Å². The molecule has 0 aliphatic heterocycles. The van der Waals surface area contributed by atoms with E-state index in [2.05, 4.69) is 24.0 Å². The van der Waals surface area contributed by atoms with Gasteiger partial charge in [0, 0.05) is 6.04 Å². The molecule has 0 aliphatic carbocycles. The average Bonchev–Trinajstić information content (AvgIpc) is 2.83. The molecule has 2 N–H and O–H groups in total. The summed E-state index contributed by atoms with van der Waals surface area (Å²) in [6.45, 7) is 6.12. The molecule has 2 atom stereocenters. The van der Waals surface area contributed by atoms with Gasteiger partial charge in [0.2, 0.25) is 11.7 Å². The molecule has 2 aromatic heterocycles. The first-order chi connectivity index (χ1) is 8.09. The predicted molar refractivity (Wildman–Crippen MR) is 63.2 cm³/mol. The largest absolute Gasteiger partial charge is 0.461 e. The first-order valence-electron chi connectivity index (χ1n) is 5.72. The Balaban J connectivity index is 2.28. The highest BCUT2D eigenvalue weighted by atomic mass is 16.5. The van der Waals surface area contributed by atoms with Crippen LogP contribution in [0.2, 0.25) is 0 Å². The van der Waals surface area contributed by atoms with Crippen molar-refractivity contribution in [3.63, 3.8) is 0 Å². The van der Waals surface area contributed by atoms with Gasteiger partial charge in [0.05, 0.1) is 12.2 Å². The lowest BCUT2D eigenvalue weighted by Gasteiger charge is -2.20. The Morgan fingerprint density at radius 1 is 1.29 bits per heavy atom. The monoisotopic (exact) mass is 235 g/mol. The van der Waals surface area contributed by atoms with E-state index in [1.54, 1.807) is 18.4 Å². The maximum Gasteiger partial charge on any atom is 0.238 e. The zero-order chi connectivity index (χ0) is 12.4. The minimum absolute atomic E-state index is 0.0279. The summed E-state index contributed by atoms with van der Waals surface area (Å²) in [6.07, 6.45) is 1.58. The second-order valence-corrected chi connectivity index (χ2v) is 4.56. The van der Waals surface area contributed by atoms with E-state index in [9.17, 15) is 0 Å². The van der Waals surface area contributed by atoms with Gasteiger partial charge in [-0.1, -0.05) is 19.0 Å². The van der Waals surface area contributed by atoms with E-state index < -0.39 is 0 Å². The van der Waals surface area contributed by atoms with Gasteiger partial charge in [-0.25, -0.2) is 0 Å². The number of nitrogens with two attached hydrogens (primary N) is 1. The number of aromatic nitrogens is 2. The summed E-state index contributed by atoms with van der Waals surface area (Å²) in [5.41, 5.74) is 5.95. The van der Waals surface area contributed by atoms with Gasteiger partial charge in [-0.15, -0.1) is 0 Å². The fourth-order valence-corrected chi connectivity index (χ4v) is 1.99. The fraction of sp³-hybridized carbons (Fsp3) is 0.500. The molecule has 0 aromatic carbocycles. The SMILES string of the molecule is CC(C)C(c1nc(-c2ccco2)no1)C(C)N. The summed E-state index contributed by atoms with van der Waals surface area (Å²) in [7, 11) is 0. The van der Waals surface area contributed by atoms with E-state index in [-0.39, 0.29) is 12.0 Å². The van der Waals surface area contributed by atoms with Crippen LogP contribution >= 0.6 is 0 Å². The van der Waals surface area contributed by atoms with Crippen LogP contribution in [0.3, 0.4) is 0 Å². The Kier molecular flexibility index (Phi) is 3.28. The van der Waals surface area contributed by atoms with Crippen molar-refractivity contribution in [1.29, 1.82) is 0 Å². The van der Waals surface area contributed by atoms with E-state index in [0.717, 1.165) is 0 Å². The molecule has 0 radical (unpaired) electrons. The third-order valence-corrected chi connectivity index (χ3v) is 2.75. The molecule has 2 aromatic rings. The molecule has 5 nitrogen and oxygen atoms in total. The van der Waals surface area contributed by atoms with Gasteiger partial charge in [0.15, 0.2) is 5.76 Å². The normalized spacial score (nSPS) is 15.1. The van der Waals surface area contributed by atoms with Crippen LogP contribution in [0.15, 0.2) is 27.3 Å². The van der Waals surface area contributed by atoms with Crippen LogP contribution in [0.4, 0.5) is 0 Å². The summed E-state index contributed by atoms with van der Waals surface area (Å²) < 4.78 is 10.5. The minimum atomic E-state index is -0.0279. The smallest absolute Gasteiger partial charge is 0.238 e. The van der Waals surface area contributed by atoms with Crippen LogP contribution in [0, 0.1) is 5.92 Å². The number of nitrogens with zero attached hydrogens (tertiary/aromatic N) is 2. The highest BCUT2D eigenvalue weighted by molar-refractivity contribution is 5.44. The van der Waals surface area contributed by atoms with Crippen molar-refractivity contribution in [3.8, 4) is 11.6 Å². The first-order valence-corrected chi connectivity index (χ1v) is 5.72. The number of hydrogen-bond acceptors (Lipinski definition) is 5. The van der Waals surface area contributed by atoms with Gasteiger partial charge in [0.1, 0.15) is 0 Å². The topological polar surface area (TPSA) is 78.1 Å². The van der Waals surface area contributed by atoms with E-state index in [4.69, 9.17) is 14.7 Å². The zero-order valence-electron chi connectivity index (χ0n) is 10.3. The quantitative estimate of drug-likeness (QED) is 0.880. The Labute approximate surface area is 100.0 Å². The molecule has 17 heavy (non-hydrogen) atoms. The summed E-state index contributed by atoms with van der Waals surface area (Å²) in [6, 6.07) is 3.56. The van der Waals surface area contributed by atoms with Gasteiger partial charge in [-0.3, -0.25) is 0 Å². The van der Waals surface area contributed by atoms with Gasteiger partial charge in [-0.05, 0) is 25.0 Å². The molecule has 2 rings (SSSR count). The van der Waals surface area contributed by atoms with Crippen molar-refractivity contribution in [3.05, 3.63) is 24.3 Å². The highest BCUT2D eigenvalue weighted by Crippen LogP contribution is 2.27. The Hall–Kier alpha value is -1.62. The van der Waals surface area contributed by atoms with Gasteiger partial charge < -0.3 is 14.7 Å². The maximum atomic E-state index is 5.95. The minimum Gasteiger partial charge on any atom is -0.461 e. The second kappa shape index (κ2) is 4.71. The van der Waals surface area contributed by atoms with Crippen molar-refractivity contribution in [2.24, 2.45) is 11.7 Å². The third kappa shape index (κ3) is 2.39. The molecule has 0 fully saturated rings. The predicted octanol–water partition coefficient (Wildman–Crippen LogP) is 2.42.